The van der Waals surface area contributed by atoms with Gasteiger partial charge in [-0.05, 0) is 58.0 Å². The third-order valence-electron chi connectivity index (χ3n) is 9.84. The average Bonchev–Trinajstić information content (AvgIpc) is 3.62. The molecule has 0 saturated carbocycles. The summed E-state index contributed by atoms with van der Waals surface area (Å²) < 4.78 is 2.14. The summed E-state index contributed by atoms with van der Waals surface area (Å²) in [6.07, 6.45) is 1.83. The topological polar surface area (TPSA) is 43.6 Å². The van der Waals surface area contributed by atoms with Gasteiger partial charge in [0.25, 0.3) is 0 Å². The lowest BCUT2D eigenvalue weighted by Crippen LogP contribution is -1.97. The predicted molar refractivity (Wildman–Crippen MR) is 211 cm³/mol. The number of aromatic nitrogens is 4. The molecule has 3 heterocycles. The molecule has 0 fully saturated rings. The summed E-state index contributed by atoms with van der Waals surface area (Å²) in [5, 5.41) is 11.0. The summed E-state index contributed by atoms with van der Waals surface area (Å²) >= 11 is 0. The van der Waals surface area contributed by atoms with Crippen molar-refractivity contribution >= 4 is 43.5 Å². The third kappa shape index (κ3) is 4.88. The van der Waals surface area contributed by atoms with Crippen LogP contribution >= 0.6 is 0 Å². The molecule has 4 heteroatoms. The van der Waals surface area contributed by atoms with Gasteiger partial charge in [-0.2, -0.15) is 5.10 Å². The fourth-order valence-electron chi connectivity index (χ4n) is 7.43. The van der Waals surface area contributed by atoms with E-state index in [4.69, 9.17) is 10.1 Å². The van der Waals surface area contributed by atoms with Crippen LogP contribution in [0.2, 0.25) is 0 Å². The SMILES string of the molecule is c1ccc(-c2cc3cccc(-c4ccc(-c5ccc6ccc7cccnc7c6n5)cc4)c3c3c2c(-c2ccccc2)nn3-c2ccccc2)cc1. The molecule has 0 unspecified atom stereocenters. The first-order valence-corrected chi connectivity index (χ1v) is 17.2. The maximum Gasteiger partial charge on any atom is 0.101 e. The highest BCUT2D eigenvalue weighted by Crippen LogP contribution is 2.44. The van der Waals surface area contributed by atoms with Crippen molar-refractivity contribution in [3.63, 3.8) is 0 Å². The minimum absolute atomic E-state index is 0.920. The van der Waals surface area contributed by atoms with E-state index in [1.807, 2.05) is 12.3 Å². The first kappa shape index (κ1) is 29.0. The number of nitrogens with zero attached hydrogens (tertiary/aromatic N) is 4. The lowest BCUT2D eigenvalue weighted by Gasteiger charge is -2.15. The Balaban J connectivity index is 1.21. The summed E-state index contributed by atoms with van der Waals surface area (Å²) in [4.78, 5) is 9.77. The Morgan fingerprint density at radius 3 is 1.80 bits per heavy atom. The van der Waals surface area contributed by atoms with Crippen LogP contribution in [0.4, 0.5) is 0 Å². The van der Waals surface area contributed by atoms with Gasteiger partial charge in [0.15, 0.2) is 0 Å². The lowest BCUT2D eigenvalue weighted by atomic mass is 9.90. The van der Waals surface area contributed by atoms with Crippen molar-refractivity contribution < 1.29 is 0 Å². The standard InChI is InChI=1S/C47H30N4/c1-4-12-31(13-5-1)40-30-37-16-10-20-39(42(37)47-43(40)44(34-14-6-2-7-15-34)50-51(47)38-18-8-3-9-19-38)32-21-23-33(24-22-32)41-28-27-36-26-25-35-17-11-29-48-45(35)46(36)49-41/h1-30H. The van der Waals surface area contributed by atoms with Gasteiger partial charge in [-0.3, -0.25) is 4.98 Å². The molecule has 0 N–H and O–H groups in total. The van der Waals surface area contributed by atoms with Crippen LogP contribution in [-0.2, 0) is 0 Å². The van der Waals surface area contributed by atoms with Crippen LogP contribution in [0.25, 0.3) is 93.9 Å². The van der Waals surface area contributed by atoms with Gasteiger partial charge in [-0.1, -0.05) is 146 Å². The molecule has 10 aromatic rings. The van der Waals surface area contributed by atoms with E-state index in [-0.39, 0.29) is 0 Å². The highest BCUT2D eigenvalue weighted by atomic mass is 15.3. The Bertz CT molecular complexity index is 2880. The molecule has 10 rings (SSSR count). The Morgan fingerprint density at radius 1 is 0.412 bits per heavy atom. The van der Waals surface area contributed by atoms with Gasteiger partial charge in [0.1, 0.15) is 5.69 Å². The Hall–Kier alpha value is -6.91. The molecule has 0 spiro atoms. The number of hydrogen-bond donors (Lipinski definition) is 0. The van der Waals surface area contributed by atoms with Crippen LogP contribution in [-0.4, -0.2) is 19.7 Å². The third-order valence-corrected chi connectivity index (χ3v) is 9.84. The first-order chi connectivity index (χ1) is 25.3. The second-order valence-electron chi connectivity index (χ2n) is 12.9. The minimum atomic E-state index is 0.920. The highest BCUT2D eigenvalue weighted by molar-refractivity contribution is 6.21. The molecule has 4 nitrogen and oxygen atoms in total. The summed E-state index contributed by atoms with van der Waals surface area (Å²) in [6.45, 7) is 0. The zero-order chi connectivity index (χ0) is 33.7. The molecular formula is C47H30N4. The van der Waals surface area contributed by atoms with Crippen LogP contribution in [0.15, 0.2) is 182 Å². The maximum absolute atomic E-state index is 5.40. The van der Waals surface area contributed by atoms with Gasteiger partial charge in [-0.15, -0.1) is 0 Å². The van der Waals surface area contributed by atoms with Gasteiger partial charge in [-0.25, -0.2) is 9.67 Å². The largest absolute Gasteiger partial charge is 0.254 e. The molecule has 0 atom stereocenters. The van der Waals surface area contributed by atoms with Crippen LogP contribution in [0.3, 0.4) is 0 Å². The van der Waals surface area contributed by atoms with Crippen molar-refractivity contribution in [2.75, 3.05) is 0 Å². The summed E-state index contributed by atoms with van der Waals surface area (Å²) in [7, 11) is 0. The van der Waals surface area contributed by atoms with E-state index in [9.17, 15) is 0 Å². The Labute approximate surface area is 294 Å². The molecule has 7 aromatic carbocycles. The average molecular weight is 651 g/mol. The summed E-state index contributed by atoms with van der Waals surface area (Å²) in [6, 6.07) is 62.0. The van der Waals surface area contributed by atoms with Crippen LogP contribution in [0.5, 0.6) is 0 Å². The molecule has 0 aliphatic rings. The number of fused-ring (bicyclic) bond motifs is 6. The van der Waals surface area contributed by atoms with Crippen molar-refractivity contribution in [2.24, 2.45) is 0 Å². The molecule has 0 amide bonds. The molecule has 3 aromatic heterocycles. The van der Waals surface area contributed by atoms with Gasteiger partial charge in [0.2, 0.25) is 0 Å². The second-order valence-corrected chi connectivity index (χ2v) is 12.9. The zero-order valence-corrected chi connectivity index (χ0v) is 27.6. The van der Waals surface area contributed by atoms with Gasteiger partial charge < -0.3 is 0 Å². The molecule has 0 bridgehead atoms. The van der Waals surface area contributed by atoms with Gasteiger partial charge in [0.05, 0.1) is 27.9 Å². The smallest absolute Gasteiger partial charge is 0.101 e. The second kappa shape index (κ2) is 11.9. The molecule has 0 aliphatic carbocycles. The zero-order valence-electron chi connectivity index (χ0n) is 27.6. The van der Waals surface area contributed by atoms with E-state index in [1.54, 1.807) is 0 Å². The van der Waals surface area contributed by atoms with E-state index >= 15 is 0 Å². The number of para-hydroxylation sites is 1. The van der Waals surface area contributed by atoms with E-state index in [2.05, 4.69) is 180 Å². The fraction of sp³-hybridized carbons (Fsp3) is 0. The molecule has 0 aliphatic heterocycles. The first-order valence-electron chi connectivity index (χ1n) is 17.2. The maximum atomic E-state index is 5.40. The Kier molecular flexibility index (Phi) is 6.78. The number of rotatable bonds is 5. The van der Waals surface area contributed by atoms with Crippen LogP contribution < -0.4 is 0 Å². The van der Waals surface area contributed by atoms with E-state index in [1.165, 1.54) is 5.39 Å². The van der Waals surface area contributed by atoms with Crippen LogP contribution in [0.1, 0.15) is 0 Å². The Morgan fingerprint density at radius 2 is 1.04 bits per heavy atom. The molecular weight excluding hydrogens is 621 g/mol. The van der Waals surface area contributed by atoms with Crippen molar-refractivity contribution in [1.82, 2.24) is 19.7 Å². The fourth-order valence-corrected chi connectivity index (χ4v) is 7.43. The van der Waals surface area contributed by atoms with E-state index in [0.717, 1.165) is 88.6 Å². The number of benzene rings is 7. The predicted octanol–water partition coefficient (Wildman–Crippen LogP) is 11.9. The van der Waals surface area contributed by atoms with Crippen molar-refractivity contribution in [3.8, 4) is 50.5 Å². The summed E-state index contributed by atoms with van der Waals surface area (Å²) in [5.74, 6) is 0. The van der Waals surface area contributed by atoms with Crippen LogP contribution in [0, 0.1) is 0 Å². The normalized spacial score (nSPS) is 11.5. The van der Waals surface area contributed by atoms with E-state index < -0.39 is 0 Å². The quantitative estimate of drug-likeness (QED) is 0.174. The number of pyridine rings is 2. The van der Waals surface area contributed by atoms with Crippen molar-refractivity contribution in [3.05, 3.63) is 182 Å². The van der Waals surface area contributed by atoms with Crippen molar-refractivity contribution in [1.29, 1.82) is 0 Å². The highest BCUT2D eigenvalue weighted by Gasteiger charge is 2.23. The monoisotopic (exact) mass is 650 g/mol. The van der Waals surface area contributed by atoms with Gasteiger partial charge >= 0.3 is 0 Å². The molecule has 51 heavy (non-hydrogen) atoms. The number of hydrogen-bond acceptors (Lipinski definition) is 3. The molecule has 0 radical (unpaired) electrons. The van der Waals surface area contributed by atoms with Crippen molar-refractivity contribution in [2.45, 2.75) is 0 Å². The van der Waals surface area contributed by atoms with E-state index in [0.29, 0.717) is 0 Å². The lowest BCUT2D eigenvalue weighted by molar-refractivity contribution is 0.918. The summed E-state index contributed by atoms with van der Waals surface area (Å²) in [5.41, 5.74) is 12.6. The minimum Gasteiger partial charge on any atom is -0.254 e. The van der Waals surface area contributed by atoms with Gasteiger partial charge in [0, 0.05) is 38.9 Å². The molecule has 0 saturated heterocycles. The molecule has 238 valence electrons.